The molecule has 30 heavy (non-hydrogen) atoms. The number of benzene rings is 1. The smallest absolute Gasteiger partial charge is 0.359 e. The van der Waals surface area contributed by atoms with Crippen molar-refractivity contribution in [3.05, 3.63) is 35.4 Å². The Bertz CT molecular complexity index is 761. The van der Waals surface area contributed by atoms with Crippen LogP contribution < -0.4 is 10.6 Å². The molecule has 1 aliphatic heterocycles. The lowest BCUT2D eigenvalue weighted by Crippen LogP contribution is -2.46. The Labute approximate surface area is 192 Å². The molecule has 0 aliphatic carbocycles. The molecule has 1 saturated heterocycles. The minimum atomic E-state index is -4.34. The molecule has 1 heterocycles. The second-order valence-corrected chi connectivity index (χ2v) is 6.85. The van der Waals surface area contributed by atoms with E-state index in [4.69, 9.17) is 0 Å². The maximum atomic E-state index is 12.6. The van der Waals surface area contributed by atoms with Gasteiger partial charge in [0.15, 0.2) is 5.96 Å². The van der Waals surface area contributed by atoms with E-state index in [2.05, 4.69) is 32.4 Å². The van der Waals surface area contributed by atoms with Gasteiger partial charge in [-0.2, -0.15) is 13.2 Å². The standard InChI is InChI=1S/C21H27F3N4O.HI/c1-3-26-20(28-13-10-17(11-14-28)15-19(29)25-2)27-12-4-5-16-6-8-18(9-7-16)21(22,23)24;/h6-9,17H,3,10-15H2,1-2H3,(H,25,29)(H,26,27);1H. The molecule has 0 atom stereocenters. The van der Waals surface area contributed by atoms with Gasteiger partial charge in [0, 0.05) is 38.7 Å². The fourth-order valence-electron chi connectivity index (χ4n) is 3.14. The van der Waals surface area contributed by atoms with E-state index in [9.17, 15) is 18.0 Å². The van der Waals surface area contributed by atoms with E-state index in [0.717, 1.165) is 50.6 Å². The number of likely N-dealkylation sites (tertiary alicyclic amines) is 1. The summed E-state index contributed by atoms with van der Waals surface area (Å²) in [6.07, 6.45) is -1.94. The number of aliphatic imine (C=N–C) groups is 1. The molecule has 1 amide bonds. The number of nitrogens with zero attached hydrogens (tertiary/aromatic N) is 2. The Kier molecular flexibility index (Phi) is 11.0. The first-order chi connectivity index (χ1) is 13.8. The zero-order chi connectivity index (χ0) is 21.3. The number of alkyl halides is 3. The van der Waals surface area contributed by atoms with Crippen molar-refractivity contribution >= 4 is 35.8 Å². The fraction of sp³-hybridized carbons (Fsp3) is 0.524. The number of halogens is 4. The summed E-state index contributed by atoms with van der Waals surface area (Å²) in [6, 6.07) is 4.78. The maximum Gasteiger partial charge on any atom is 0.416 e. The lowest BCUT2D eigenvalue weighted by Gasteiger charge is -2.34. The van der Waals surface area contributed by atoms with Gasteiger partial charge in [-0.05, 0) is 49.9 Å². The van der Waals surface area contributed by atoms with Crippen LogP contribution in [0.2, 0.25) is 0 Å². The van der Waals surface area contributed by atoms with Gasteiger partial charge in [-0.3, -0.25) is 4.79 Å². The van der Waals surface area contributed by atoms with Crippen molar-refractivity contribution in [3.8, 4) is 11.8 Å². The number of hydrogen-bond acceptors (Lipinski definition) is 2. The van der Waals surface area contributed by atoms with Crippen molar-refractivity contribution in [2.45, 2.75) is 32.4 Å². The summed E-state index contributed by atoms with van der Waals surface area (Å²) in [7, 11) is 1.65. The van der Waals surface area contributed by atoms with Crippen LogP contribution >= 0.6 is 24.0 Å². The van der Waals surface area contributed by atoms with Gasteiger partial charge < -0.3 is 15.5 Å². The Hall–Kier alpha value is -1.96. The van der Waals surface area contributed by atoms with Crippen LogP contribution in [0.15, 0.2) is 29.3 Å². The first-order valence-corrected chi connectivity index (χ1v) is 9.73. The zero-order valence-electron chi connectivity index (χ0n) is 17.2. The summed E-state index contributed by atoms with van der Waals surface area (Å²) in [5, 5.41) is 5.91. The van der Waals surface area contributed by atoms with Crippen LogP contribution in [-0.4, -0.2) is 50.0 Å². The monoisotopic (exact) mass is 536 g/mol. The van der Waals surface area contributed by atoms with Crippen molar-refractivity contribution in [1.29, 1.82) is 0 Å². The Balaban J connectivity index is 0.00000450. The number of rotatable bonds is 4. The van der Waals surface area contributed by atoms with Gasteiger partial charge in [0.1, 0.15) is 6.54 Å². The molecule has 0 aromatic heterocycles. The zero-order valence-corrected chi connectivity index (χ0v) is 19.5. The van der Waals surface area contributed by atoms with Gasteiger partial charge in [-0.1, -0.05) is 11.8 Å². The molecule has 166 valence electrons. The van der Waals surface area contributed by atoms with E-state index in [1.54, 1.807) is 7.05 Å². The molecular formula is C21H28F3IN4O. The summed E-state index contributed by atoms with van der Waals surface area (Å²) in [5.41, 5.74) is -0.163. The number of amides is 1. The highest BCUT2D eigenvalue weighted by Gasteiger charge is 2.29. The van der Waals surface area contributed by atoms with E-state index in [0.29, 0.717) is 17.9 Å². The van der Waals surface area contributed by atoms with Crippen LogP contribution in [0.5, 0.6) is 0 Å². The Morgan fingerprint density at radius 1 is 1.23 bits per heavy atom. The van der Waals surface area contributed by atoms with Crippen molar-refractivity contribution in [2.24, 2.45) is 10.9 Å². The van der Waals surface area contributed by atoms with E-state index in [1.165, 1.54) is 12.1 Å². The van der Waals surface area contributed by atoms with Crippen molar-refractivity contribution < 1.29 is 18.0 Å². The lowest BCUT2D eigenvalue weighted by molar-refractivity contribution is -0.137. The lowest BCUT2D eigenvalue weighted by atomic mass is 9.93. The van der Waals surface area contributed by atoms with Gasteiger partial charge in [-0.25, -0.2) is 4.99 Å². The Morgan fingerprint density at radius 3 is 2.40 bits per heavy atom. The third-order valence-electron chi connectivity index (χ3n) is 4.75. The second kappa shape index (κ2) is 12.7. The van der Waals surface area contributed by atoms with Gasteiger partial charge in [-0.15, -0.1) is 24.0 Å². The molecule has 5 nitrogen and oxygen atoms in total. The van der Waals surface area contributed by atoms with E-state index < -0.39 is 11.7 Å². The largest absolute Gasteiger partial charge is 0.416 e. The number of carbonyl (C=O) groups excluding carboxylic acids is 1. The van der Waals surface area contributed by atoms with Gasteiger partial charge >= 0.3 is 6.18 Å². The quantitative estimate of drug-likeness (QED) is 0.268. The summed E-state index contributed by atoms with van der Waals surface area (Å²) < 4.78 is 37.8. The number of nitrogens with one attached hydrogen (secondary N) is 2. The minimum Gasteiger partial charge on any atom is -0.359 e. The van der Waals surface area contributed by atoms with E-state index in [-0.39, 0.29) is 36.4 Å². The molecule has 1 aromatic carbocycles. The third kappa shape index (κ3) is 8.42. The van der Waals surface area contributed by atoms with Crippen LogP contribution in [0, 0.1) is 17.8 Å². The molecule has 1 aliphatic rings. The normalized spacial score (nSPS) is 15.0. The molecular weight excluding hydrogens is 508 g/mol. The highest BCUT2D eigenvalue weighted by molar-refractivity contribution is 14.0. The van der Waals surface area contributed by atoms with E-state index in [1.807, 2.05) is 6.92 Å². The minimum absolute atomic E-state index is 0. The highest BCUT2D eigenvalue weighted by Crippen LogP contribution is 2.28. The molecule has 0 saturated carbocycles. The first-order valence-electron chi connectivity index (χ1n) is 9.73. The van der Waals surface area contributed by atoms with Crippen LogP contribution in [0.3, 0.4) is 0 Å². The van der Waals surface area contributed by atoms with Crippen molar-refractivity contribution in [3.63, 3.8) is 0 Å². The molecule has 0 spiro atoms. The summed E-state index contributed by atoms with van der Waals surface area (Å²) >= 11 is 0. The fourth-order valence-corrected chi connectivity index (χ4v) is 3.14. The first kappa shape index (κ1) is 26.1. The van der Waals surface area contributed by atoms with Crippen molar-refractivity contribution in [1.82, 2.24) is 15.5 Å². The molecule has 2 N–H and O–H groups in total. The predicted molar refractivity (Wildman–Crippen MR) is 123 cm³/mol. The molecule has 1 aromatic rings. The molecule has 0 bridgehead atoms. The Morgan fingerprint density at radius 2 is 1.87 bits per heavy atom. The maximum absolute atomic E-state index is 12.6. The second-order valence-electron chi connectivity index (χ2n) is 6.85. The summed E-state index contributed by atoms with van der Waals surface area (Å²) in [5.74, 6) is 6.96. The van der Waals surface area contributed by atoms with Gasteiger partial charge in [0.2, 0.25) is 5.91 Å². The van der Waals surface area contributed by atoms with Crippen molar-refractivity contribution in [2.75, 3.05) is 33.2 Å². The van der Waals surface area contributed by atoms with Crippen LogP contribution in [-0.2, 0) is 11.0 Å². The molecule has 0 radical (unpaired) electrons. The summed E-state index contributed by atoms with van der Waals surface area (Å²) in [6.45, 7) is 4.60. The molecule has 9 heteroatoms. The van der Waals surface area contributed by atoms with Gasteiger partial charge in [0.05, 0.1) is 5.56 Å². The SMILES string of the molecule is CCNC(=NCC#Cc1ccc(C(F)(F)F)cc1)N1CCC(CC(=O)NC)CC1.I. The number of guanidine groups is 1. The third-order valence-corrected chi connectivity index (χ3v) is 4.75. The van der Waals surface area contributed by atoms with Crippen LogP contribution in [0.1, 0.15) is 37.3 Å². The van der Waals surface area contributed by atoms with Gasteiger partial charge in [0.25, 0.3) is 0 Å². The molecule has 0 unspecified atom stereocenters. The number of carbonyl (C=O) groups is 1. The average Bonchev–Trinajstić information content (AvgIpc) is 2.70. The molecule has 1 fully saturated rings. The van der Waals surface area contributed by atoms with Crippen LogP contribution in [0.4, 0.5) is 13.2 Å². The topological polar surface area (TPSA) is 56.7 Å². The molecule has 2 rings (SSSR count). The van der Waals surface area contributed by atoms with E-state index >= 15 is 0 Å². The highest BCUT2D eigenvalue weighted by atomic mass is 127. The number of piperidine rings is 1. The number of hydrogen-bond donors (Lipinski definition) is 2. The van der Waals surface area contributed by atoms with Crippen LogP contribution in [0.25, 0.3) is 0 Å². The summed E-state index contributed by atoms with van der Waals surface area (Å²) in [4.78, 5) is 18.2. The predicted octanol–water partition coefficient (Wildman–Crippen LogP) is 3.49. The average molecular weight is 536 g/mol.